The lowest BCUT2D eigenvalue weighted by Gasteiger charge is -2.40. The van der Waals surface area contributed by atoms with Gasteiger partial charge in [-0.15, -0.1) is 6.58 Å². The third-order valence-electron chi connectivity index (χ3n) is 4.20. The largest absolute Gasteiger partial charge is 0.444 e. The van der Waals surface area contributed by atoms with Gasteiger partial charge in [-0.1, -0.05) is 36.4 Å². The second-order valence-corrected chi connectivity index (χ2v) is 7.59. The molecule has 0 aliphatic carbocycles. The van der Waals surface area contributed by atoms with Crippen molar-refractivity contribution in [2.24, 2.45) is 0 Å². The van der Waals surface area contributed by atoms with Crippen LogP contribution in [-0.2, 0) is 20.9 Å². The molecule has 6 nitrogen and oxygen atoms in total. The molecule has 1 atom stereocenters. The number of ether oxygens (including phenoxy) is 2. The zero-order valence-corrected chi connectivity index (χ0v) is 16.5. The maximum Gasteiger partial charge on any atom is 0.411 e. The second-order valence-electron chi connectivity index (χ2n) is 7.59. The van der Waals surface area contributed by atoms with Crippen molar-refractivity contribution in [1.82, 2.24) is 9.80 Å². The minimum atomic E-state index is -0.679. The number of rotatable bonds is 7. The summed E-state index contributed by atoms with van der Waals surface area (Å²) in [7, 11) is 0. The molecule has 0 bridgehead atoms. The summed E-state index contributed by atoms with van der Waals surface area (Å²) in [5.41, 5.74) is 0.406. The molecule has 0 saturated carbocycles. The van der Waals surface area contributed by atoms with E-state index in [0.29, 0.717) is 26.2 Å². The Morgan fingerprint density at radius 3 is 2.59 bits per heavy atom. The lowest BCUT2D eigenvalue weighted by molar-refractivity contribution is -0.144. The average molecular weight is 374 g/mol. The summed E-state index contributed by atoms with van der Waals surface area (Å²) in [6.45, 7) is 11.2. The van der Waals surface area contributed by atoms with Gasteiger partial charge in [0.15, 0.2) is 0 Å². The molecule has 0 radical (unpaired) electrons. The molecule has 1 aliphatic rings. The van der Waals surface area contributed by atoms with Crippen molar-refractivity contribution >= 4 is 12.0 Å². The minimum Gasteiger partial charge on any atom is -0.444 e. The fourth-order valence-corrected chi connectivity index (χ4v) is 2.87. The van der Waals surface area contributed by atoms with E-state index in [1.807, 2.05) is 51.1 Å². The predicted octanol–water partition coefficient (Wildman–Crippen LogP) is 3.23. The summed E-state index contributed by atoms with van der Waals surface area (Å²) < 4.78 is 11.3. The molecule has 0 aromatic heterocycles. The second kappa shape index (κ2) is 9.55. The Hall–Kier alpha value is -2.34. The van der Waals surface area contributed by atoms with E-state index in [2.05, 4.69) is 6.58 Å². The highest BCUT2D eigenvalue weighted by molar-refractivity contribution is 5.87. The summed E-state index contributed by atoms with van der Waals surface area (Å²) in [6, 6.07) is 9.07. The van der Waals surface area contributed by atoms with Crippen LogP contribution in [0.25, 0.3) is 0 Å². The SMILES string of the molecule is C=CCCN1CCN(C(=O)OC(C)(C)C)C(COCc2ccccc2)C1=O. The van der Waals surface area contributed by atoms with Crippen LogP contribution in [0.4, 0.5) is 4.79 Å². The minimum absolute atomic E-state index is 0.109. The van der Waals surface area contributed by atoms with Crippen molar-refractivity contribution < 1.29 is 19.1 Å². The summed E-state index contributed by atoms with van der Waals surface area (Å²) in [5, 5.41) is 0. The molecule has 1 aliphatic heterocycles. The van der Waals surface area contributed by atoms with Crippen molar-refractivity contribution in [3.8, 4) is 0 Å². The molecule has 2 rings (SSSR count). The van der Waals surface area contributed by atoms with E-state index in [4.69, 9.17) is 9.47 Å². The van der Waals surface area contributed by atoms with Crippen molar-refractivity contribution in [3.05, 3.63) is 48.6 Å². The molecule has 1 unspecified atom stereocenters. The zero-order valence-electron chi connectivity index (χ0n) is 16.5. The van der Waals surface area contributed by atoms with Crippen LogP contribution >= 0.6 is 0 Å². The normalized spacial score (nSPS) is 17.7. The van der Waals surface area contributed by atoms with Gasteiger partial charge in [-0.2, -0.15) is 0 Å². The monoisotopic (exact) mass is 374 g/mol. The van der Waals surface area contributed by atoms with E-state index in [1.165, 1.54) is 4.90 Å². The molecule has 148 valence electrons. The molecule has 1 aromatic rings. The highest BCUT2D eigenvalue weighted by Crippen LogP contribution is 2.18. The molecule has 1 fully saturated rings. The van der Waals surface area contributed by atoms with Crippen LogP contribution < -0.4 is 0 Å². The van der Waals surface area contributed by atoms with Gasteiger partial charge in [0.25, 0.3) is 0 Å². The van der Waals surface area contributed by atoms with Gasteiger partial charge in [0.1, 0.15) is 11.6 Å². The topological polar surface area (TPSA) is 59.1 Å². The number of piperazine rings is 1. The first-order valence-corrected chi connectivity index (χ1v) is 9.33. The summed E-state index contributed by atoms with van der Waals surface area (Å²) in [6.07, 6.45) is 2.03. The van der Waals surface area contributed by atoms with Gasteiger partial charge < -0.3 is 14.4 Å². The number of carbonyl (C=O) groups excluding carboxylic acids is 2. The molecule has 0 N–H and O–H groups in total. The van der Waals surface area contributed by atoms with Gasteiger partial charge in [0, 0.05) is 19.6 Å². The number of benzene rings is 1. The fourth-order valence-electron chi connectivity index (χ4n) is 2.87. The number of carbonyl (C=O) groups is 2. The molecule has 27 heavy (non-hydrogen) atoms. The molecule has 0 spiro atoms. The van der Waals surface area contributed by atoms with Crippen LogP contribution in [0.15, 0.2) is 43.0 Å². The first kappa shape index (κ1) is 21.0. The van der Waals surface area contributed by atoms with Gasteiger partial charge in [0.05, 0.1) is 13.2 Å². The van der Waals surface area contributed by atoms with Crippen molar-refractivity contribution in [1.29, 1.82) is 0 Å². The number of hydrogen-bond donors (Lipinski definition) is 0. The first-order valence-electron chi connectivity index (χ1n) is 9.33. The van der Waals surface area contributed by atoms with Gasteiger partial charge in [-0.05, 0) is 32.8 Å². The van der Waals surface area contributed by atoms with Crippen molar-refractivity contribution in [2.75, 3.05) is 26.2 Å². The Morgan fingerprint density at radius 2 is 1.96 bits per heavy atom. The van der Waals surface area contributed by atoms with Crippen LogP contribution in [0, 0.1) is 0 Å². The standard InChI is InChI=1S/C21H30N2O4/c1-5-6-12-22-13-14-23(20(25)27-21(2,3)4)18(19(22)24)16-26-15-17-10-8-7-9-11-17/h5,7-11,18H,1,6,12-16H2,2-4H3. The van der Waals surface area contributed by atoms with E-state index >= 15 is 0 Å². The molecule has 1 heterocycles. The van der Waals surface area contributed by atoms with Gasteiger partial charge in [-0.25, -0.2) is 4.79 Å². The summed E-state index contributed by atoms with van der Waals surface area (Å²) in [5.74, 6) is -0.109. The molecule has 1 saturated heterocycles. The Bertz CT molecular complexity index is 639. The average Bonchev–Trinajstić information content (AvgIpc) is 2.61. The van der Waals surface area contributed by atoms with E-state index < -0.39 is 17.7 Å². The van der Waals surface area contributed by atoms with E-state index in [-0.39, 0.29) is 12.5 Å². The number of nitrogens with zero attached hydrogens (tertiary/aromatic N) is 2. The molecule has 1 aromatic carbocycles. The van der Waals surface area contributed by atoms with E-state index in [1.54, 1.807) is 11.0 Å². The van der Waals surface area contributed by atoms with E-state index in [9.17, 15) is 9.59 Å². The lowest BCUT2D eigenvalue weighted by Crippen LogP contribution is -2.61. The fraction of sp³-hybridized carbons (Fsp3) is 0.524. The number of amides is 2. The van der Waals surface area contributed by atoms with Crippen LogP contribution in [0.2, 0.25) is 0 Å². The van der Waals surface area contributed by atoms with Gasteiger partial charge >= 0.3 is 6.09 Å². The summed E-state index contributed by atoms with van der Waals surface area (Å²) >= 11 is 0. The van der Waals surface area contributed by atoms with Crippen molar-refractivity contribution in [3.63, 3.8) is 0 Å². The Kier molecular flexibility index (Phi) is 7.42. The quantitative estimate of drug-likeness (QED) is 0.688. The highest BCUT2D eigenvalue weighted by Gasteiger charge is 2.39. The van der Waals surface area contributed by atoms with Crippen LogP contribution in [0.5, 0.6) is 0 Å². The molecular weight excluding hydrogens is 344 g/mol. The van der Waals surface area contributed by atoms with E-state index in [0.717, 1.165) is 12.0 Å². The van der Waals surface area contributed by atoms with Crippen molar-refractivity contribution in [2.45, 2.75) is 45.4 Å². The van der Waals surface area contributed by atoms with Gasteiger partial charge in [0.2, 0.25) is 5.91 Å². The Labute approximate surface area is 161 Å². The molecular formula is C21H30N2O4. The Morgan fingerprint density at radius 1 is 1.26 bits per heavy atom. The lowest BCUT2D eigenvalue weighted by atomic mass is 10.1. The predicted molar refractivity (Wildman–Crippen MR) is 104 cm³/mol. The Balaban J connectivity index is 2.05. The summed E-state index contributed by atoms with van der Waals surface area (Å²) in [4.78, 5) is 28.8. The van der Waals surface area contributed by atoms with Crippen LogP contribution in [-0.4, -0.2) is 59.7 Å². The van der Waals surface area contributed by atoms with Crippen LogP contribution in [0.1, 0.15) is 32.8 Å². The number of hydrogen-bond acceptors (Lipinski definition) is 4. The molecule has 2 amide bonds. The third-order valence-corrected chi connectivity index (χ3v) is 4.20. The van der Waals surface area contributed by atoms with Gasteiger partial charge in [-0.3, -0.25) is 9.69 Å². The molecule has 6 heteroatoms. The smallest absolute Gasteiger partial charge is 0.411 e. The zero-order chi connectivity index (χ0) is 19.9. The van der Waals surface area contributed by atoms with Crippen LogP contribution in [0.3, 0.4) is 0 Å². The highest BCUT2D eigenvalue weighted by atomic mass is 16.6. The first-order chi connectivity index (χ1) is 12.8. The maximum absolute atomic E-state index is 12.9. The maximum atomic E-state index is 12.9. The third kappa shape index (κ3) is 6.40.